The molecular weight excluding hydrogens is 407 g/mol. The molecule has 4 aromatic rings. The maximum absolute atomic E-state index is 14.3. The Kier molecular flexibility index (Phi) is 5.50. The summed E-state index contributed by atoms with van der Waals surface area (Å²) in [5, 5.41) is 13.5. The number of rotatable bonds is 7. The summed E-state index contributed by atoms with van der Waals surface area (Å²) in [6.07, 6.45) is 1.42. The fourth-order valence-electron chi connectivity index (χ4n) is 3.51. The fraction of sp³-hybridized carbons (Fsp3) is 0.350. The van der Waals surface area contributed by atoms with E-state index in [1.807, 2.05) is 13.0 Å². The van der Waals surface area contributed by atoms with Crippen molar-refractivity contribution in [1.29, 1.82) is 5.26 Å². The summed E-state index contributed by atoms with van der Waals surface area (Å²) in [5.74, 6) is -0.346. The van der Waals surface area contributed by atoms with Gasteiger partial charge < -0.3 is 18.6 Å². The third-order valence-corrected chi connectivity index (χ3v) is 4.97. The predicted molar refractivity (Wildman–Crippen MR) is 107 cm³/mol. The molecule has 0 fully saturated rings. The number of aromatic nitrogens is 5. The van der Waals surface area contributed by atoms with Gasteiger partial charge in [0.25, 0.3) is 5.56 Å². The third kappa shape index (κ3) is 3.35. The van der Waals surface area contributed by atoms with E-state index >= 15 is 0 Å². The van der Waals surface area contributed by atoms with E-state index in [0.717, 1.165) is 0 Å². The molecule has 0 amide bonds. The SMILES string of the molecule is COCCn1c(=O)c2c(-c3noc(C(C)COC)n3)ncn2c2ccc(F)c(C#N)c21. The highest BCUT2D eigenvalue weighted by molar-refractivity contribution is 5.87. The predicted octanol–water partition coefficient (Wildman–Crippen LogP) is 2.11. The smallest absolute Gasteiger partial charge is 0.277 e. The topological polar surface area (TPSA) is 120 Å². The summed E-state index contributed by atoms with van der Waals surface area (Å²) in [6, 6.07) is 4.53. The lowest BCUT2D eigenvalue weighted by atomic mass is 10.1. The molecule has 1 atom stereocenters. The maximum atomic E-state index is 14.3. The van der Waals surface area contributed by atoms with E-state index in [1.165, 1.54) is 34.5 Å². The normalized spacial score (nSPS) is 12.5. The Hall–Kier alpha value is -3.62. The lowest BCUT2D eigenvalue weighted by molar-refractivity contribution is 0.170. The molecule has 11 heteroatoms. The molecule has 1 unspecified atom stereocenters. The van der Waals surface area contributed by atoms with Gasteiger partial charge in [-0.3, -0.25) is 9.20 Å². The van der Waals surface area contributed by atoms with E-state index in [-0.39, 0.29) is 47.2 Å². The summed E-state index contributed by atoms with van der Waals surface area (Å²) in [7, 11) is 3.06. The minimum absolute atomic E-state index is 0.119. The van der Waals surface area contributed by atoms with Crippen molar-refractivity contribution in [1.82, 2.24) is 24.1 Å². The number of halogens is 1. The zero-order valence-corrected chi connectivity index (χ0v) is 17.1. The molecule has 0 radical (unpaired) electrons. The zero-order valence-electron chi connectivity index (χ0n) is 17.1. The molecule has 0 saturated carbocycles. The Labute approximate surface area is 175 Å². The van der Waals surface area contributed by atoms with Gasteiger partial charge in [0, 0.05) is 20.8 Å². The van der Waals surface area contributed by atoms with Crippen LogP contribution in [0.5, 0.6) is 0 Å². The van der Waals surface area contributed by atoms with Gasteiger partial charge >= 0.3 is 0 Å². The number of hydrogen-bond donors (Lipinski definition) is 0. The number of methoxy groups -OCH3 is 2. The summed E-state index contributed by atoms with van der Waals surface area (Å²) in [5.41, 5.74) is 0.322. The molecule has 3 aromatic heterocycles. The number of fused-ring (bicyclic) bond motifs is 3. The van der Waals surface area contributed by atoms with Crippen LogP contribution in [-0.2, 0) is 16.0 Å². The molecule has 0 aliphatic carbocycles. The van der Waals surface area contributed by atoms with Crippen LogP contribution in [0.25, 0.3) is 28.1 Å². The average molecular weight is 426 g/mol. The van der Waals surface area contributed by atoms with Gasteiger partial charge in [0.2, 0.25) is 11.7 Å². The third-order valence-electron chi connectivity index (χ3n) is 4.97. The lowest BCUT2D eigenvalue weighted by Crippen LogP contribution is -2.26. The second kappa shape index (κ2) is 8.25. The van der Waals surface area contributed by atoms with Gasteiger partial charge in [0.1, 0.15) is 35.0 Å². The molecule has 160 valence electrons. The highest BCUT2D eigenvalue weighted by atomic mass is 19.1. The van der Waals surface area contributed by atoms with Crippen LogP contribution < -0.4 is 5.56 Å². The Morgan fingerprint density at radius 3 is 2.81 bits per heavy atom. The van der Waals surface area contributed by atoms with E-state index < -0.39 is 11.4 Å². The van der Waals surface area contributed by atoms with Crippen LogP contribution in [0.3, 0.4) is 0 Å². The van der Waals surface area contributed by atoms with Gasteiger partial charge in [-0.25, -0.2) is 9.37 Å². The Morgan fingerprint density at radius 1 is 1.29 bits per heavy atom. The first-order chi connectivity index (χ1) is 15.0. The fourth-order valence-corrected chi connectivity index (χ4v) is 3.51. The Balaban J connectivity index is 2.01. The molecule has 31 heavy (non-hydrogen) atoms. The largest absolute Gasteiger partial charge is 0.384 e. The standard InChI is InChI=1S/C20H19FN6O4/c1-11(9-30-3)19-24-18(25-31-19)15-17-20(28)26(6-7-29-2)16-12(8-22)13(21)4-5-14(16)27(17)10-23-15/h4-5,10-11H,6-7,9H2,1-3H3. The molecule has 4 rings (SSSR count). The van der Waals surface area contributed by atoms with Crippen LogP contribution in [0.4, 0.5) is 4.39 Å². The van der Waals surface area contributed by atoms with Gasteiger partial charge in [-0.15, -0.1) is 0 Å². The van der Waals surface area contributed by atoms with E-state index in [4.69, 9.17) is 14.0 Å². The van der Waals surface area contributed by atoms with Crippen molar-refractivity contribution in [3.63, 3.8) is 0 Å². The van der Waals surface area contributed by atoms with Crippen molar-refractivity contribution < 1.29 is 18.4 Å². The summed E-state index contributed by atoms with van der Waals surface area (Å²) < 4.78 is 32.7. The maximum Gasteiger partial charge on any atom is 0.277 e. The van der Waals surface area contributed by atoms with Crippen LogP contribution in [0.2, 0.25) is 0 Å². The first-order valence-corrected chi connectivity index (χ1v) is 9.45. The van der Waals surface area contributed by atoms with Crippen LogP contribution in [0.15, 0.2) is 27.8 Å². The number of ether oxygens (including phenoxy) is 2. The zero-order chi connectivity index (χ0) is 22.1. The molecule has 0 N–H and O–H groups in total. The molecule has 0 saturated heterocycles. The van der Waals surface area contributed by atoms with Crippen molar-refractivity contribution in [3.8, 4) is 17.6 Å². The van der Waals surface area contributed by atoms with Crippen LogP contribution in [-0.4, -0.2) is 51.5 Å². The van der Waals surface area contributed by atoms with E-state index in [0.29, 0.717) is 18.0 Å². The van der Waals surface area contributed by atoms with Gasteiger partial charge in [-0.05, 0) is 12.1 Å². The first kappa shape index (κ1) is 20.6. The van der Waals surface area contributed by atoms with Gasteiger partial charge in [-0.2, -0.15) is 10.2 Å². The van der Waals surface area contributed by atoms with Crippen LogP contribution in [0, 0.1) is 17.1 Å². The van der Waals surface area contributed by atoms with Crippen molar-refractivity contribution in [3.05, 3.63) is 46.1 Å². The molecule has 3 heterocycles. The molecule has 1 aromatic carbocycles. The number of imidazole rings is 1. The molecular formula is C20H19FN6O4. The molecule has 0 bridgehead atoms. The molecule has 10 nitrogen and oxygen atoms in total. The van der Waals surface area contributed by atoms with E-state index in [2.05, 4.69) is 15.1 Å². The second-order valence-corrected chi connectivity index (χ2v) is 6.98. The highest BCUT2D eigenvalue weighted by Gasteiger charge is 2.24. The number of nitriles is 1. The molecule has 0 spiro atoms. The van der Waals surface area contributed by atoms with Crippen molar-refractivity contribution in [2.45, 2.75) is 19.4 Å². The number of benzene rings is 1. The minimum Gasteiger partial charge on any atom is -0.384 e. The summed E-state index contributed by atoms with van der Waals surface area (Å²) in [4.78, 5) is 22.1. The lowest BCUT2D eigenvalue weighted by Gasteiger charge is -2.13. The highest BCUT2D eigenvalue weighted by Crippen LogP contribution is 2.26. The van der Waals surface area contributed by atoms with Gasteiger partial charge in [0.15, 0.2) is 0 Å². The van der Waals surface area contributed by atoms with Crippen LogP contribution >= 0.6 is 0 Å². The van der Waals surface area contributed by atoms with Crippen molar-refractivity contribution in [2.24, 2.45) is 0 Å². The summed E-state index contributed by atoms with van der Waals surface area (Å²) >= 11 is 0. The van der Waals surface area contributed by atoms with Gasteiger partial charge in [-0.1, -0.05) is 12.1 Å². The molecule has 0 aliphatic rings. The number of nitrogens with zero attached hydrogens (tertiary/aromatic N) is 6. The molecule has 0 aliphatic heterocycles. The van der Waals surface area contributed by atoms with E-state index in [9.17, 15) is 14.4 Å². The first-order valence-electron chi connectivity index (χ1n) is 9.45. The Bertz CT molecular complexity index is 1370. The van der Waals surface area contributed by atoms with E-state index in [1.54, 1.807) is 7.11 Å². The minimum atomic E-state index is -0.713. The van der Waals surface area contributed by atoms with Crippen molar-refractivity contribution in [2.75, 3.05) is 27.4 Å². The monoisotopic (exact) mass is 426 g/mol. The van der Waals surface area contributed by atoms with Crippen molar-refractivity contribution >= 4 is 16.6 Å². The van der Waals surface area contributed by atoms with Crippen LogP contribution in [0.1, 0.15) is 24.3 Å². The summed E-state index contributed by atoms with van der Waals surface area (Å²) in [6.45, 7) is 2.57. The van der Waals surface area contributed by atoms with Gasteiger partial charge in [0.05, 0.1) is 30.2 Å². The quantitative estimate of drug-likeness (QED) is 0.441. The average Bonchev–Trinajstić information content (AvgIpc) is 3.41. The Morgan fingerprint density at radius 2 is 2.10 bits per heavy atom. The number of hydrogen-bond acceptors (Lipinski definition) is 8. The second-order valence-electron chi connectivity index (χ2n) is 6.98.